The van der Waals surface area contributed by atoms with E-state index in [-0.39, 0.29) is 31.6 Å². The predicted molar refractivity (Wildman–Crippen MR) is 142 cm³/mol. The molecule has 0 bridgehead atoms. The average molecular weight is 535 g/mol. The summed E-state index contributed by atoms with van der Waals surface area (Å²) in [6.07, 6.45) is 5.77. The van der Waals surface area contributed by atoms with Crippen LogP contribution in [0.2, 0.25) is 0 Å². The van der Waals surface area contributed by atoms with Gasteiger partial charge in [-0.25, -0.2) is 8.91 Å². The molecule has 3 aromatic heterocycles. The smallest absolute Gasteiger partial charge is 0.264 e. The van der Waals surface area contributed by atoms with E-state index >= 15 is 4.39 Å². The predicted octanol–water partition coefficient (Wildman–Crippen LogP) is 1.99. The fraction of sp³-hybridized carbons (Fsp3) is 0.444. The number of aryl methyl sites for hydroxylation is 1. The highest BCUT2D eigenvalue weighted by Gasteiger charge is 2.53. The van der Waals surface area contributed by atoms with Crippen LogP contribution in [0.15, 0.2) is 31.1 Å². The number of anilines is 1. The molecule has 0 aliphatic carbocycles. The summed E-state index contributed by atoms with van der Waals surface area (Å²) in [5.74, 6) is -0.932. The molecule has 5 rings (SSSR count). The normalized spacial score (nSPS) is 17.1. The minimum atomic E-state index is -2.03. The van der Waals surface area contributed by atoms with Crippen molar-refractivity contribution in [3.8, 4) is 17.2 Å². The van der Waals surface area contributed by atoms with E-state index in [1.165, 1.54) is 11.1 Å². The third-order valence-corrected chi connectivity index (χ3v) is 7.62. The van der Waals surface area contributed by atoms with Crippen molar-refractivity contribution >= 4 is 23.0 Å². The first-order valence-electron chi connectivity index (χ1n) is 12.9. The van der Waals surface area contributed by atoms with Crippen LogP contribution in [0.4, 0.5) is 10.1 Å². The van der Waals surface area contributed by atoms with Crippen molar-refractivity contribution in [1.82, 2.24) is 29.2 Å². The molecule has 0 radical (unpaired) electrons. The number of likely N-dealkylation sites (tertiary alicyclic amines) is 2. The number of aliphatic hydroxyl groups is 1. The van der Waals surface area contributed by atoms with E-state index in [9.17, 15) is 20.0 Å². The Labute approximate surface area is 225 Å². The number of hydrogen-bond acceptors (Lipinski definition) is 7. The highest BCUT2D eigenvalue weighted by atomic mass is 19.1. The third kappa shape index (κ3) is 4.52. The number of alkyl halides is 1. The fourth-order valence-corrected chi connectivity index (χ4v) is 5.68. The highest BCUT2D eigenvalue weighted by Crippen LogP contribution is 2.36. The van der Waals surface area contributed by atoms with Crippen LogP contribution in [0.1, 0.15) is 35.8 Å². The zero-order valence-electron chi connectivity index (χ0n) is 22.0. The van der Waals surface area contributed by atoms with Gasteiger partial charge in [0.05, 0.1) is 48.9 Å². The summed E-state index contributed by atoms with van der Waals surface area (Å²) >= 11 is 0. The number of piperidine rings is 1. The lowest BCUT2D eigenvalue weighted by molar-refractivity contribution is -0.162. The van der Waals surface area contributed by atoms with E-state index in [1.54, 1.807) is 9.42 Å². The maximum absolute atomic E-state index is 15.1. The Morgan fingerprint density at radius 2 is 2.03 bits per heavy atom. The number of pyridine rings is 1. The summed E-state index contributed by atoms with van der Waals surface area (Å²) in [6.45, 7) is 7.96. The van der Waals surface area contributed by atoms with Gasteiger partial charge in [0.15, 0.2) is 0 Å². The van der Waals surface area contributed by atoms with E-state index in [1.807, 2.05) is 30.8 Å². The first-order valence-corrected chi connectivity index (χ1v) is 12.9. The van der Waals surface area contributed by atoms with Gasteiger partial charge in [0, 0.05) is 42.7 Å². The number of aromatic nitrogens is 4. The van der Waals surface area contributed by atoms with Gasteiger partial charge < -0.3 is 20.2 Å². The van der Waals surface area contributed by atoms with Gasteiger partial charge in [-0.2, -0.15) is 15.5 Å². The number of nitrogens with one attached hydrogen (secondary N) is 1. The van der Waals surface area contributed by atoms with Gasteiger partial charge in [0.1, 0.15) is 11.6 Å². The number of amides is 2. The van der Waals surface area contributed by atoms with Crippen LogP contribution in [0.25, 0.3) is 16.6 Å². The van der Waals surface area contributed by atoms with E-state index < -0.39 is 11.6 Å². The van der Waals surface area contributed by atoms with Crippen molar-refractivity contribution in [2.75, 3.05) is 44.6 Å². The molecule has 0 atom stereocenters. The van der Waals surface area contributed by atoms with E-state index in [0.717, 1.165) is 28.6 Å². The minimum Gasteiger partial charge on any atom is -0.395 e. The summed E-state index contributed by atoms with van der Waals surface area (Å²) in [4.78, 5) is 27.4. The molecule has 2 aliphatic rings. The lowest BCUT2D eigenvalue weighted by Crippen LogP contribution is -2.68. The van der Waals surface area contributed by atoms with Crippen molar-refractivity contribution < 1.29 is 19.1 Å². The number of aliphatic hydroxyl groups excluding tert-OH is 1. The van der Waals surface area contributed by atoms with Crippen LogP contribution >= 0.6 is 0 Å². The second kappa shape index (κ2) is 10.1. The summed E-state index contributed by atoms with van der Waals surface area (Å²) in [7, 11) is 0. The summed E-state index contributed by atoms with van der Waals surface area (Å²) in [5, 5.41) is 31.2. The maximum Gasteiger partial charge on any atom is 0.264 e. The second-order valence-corrected chi connectivity index (χ2v) is 10.1. The molecule has 2 saturated heterocycles. The molecule has 2 amide bonds. The van der Waals surface area contributed by atoms with Gasteiger partial charge in [-0.15, -0.1) is 0 Å². The van der Waals surface area contributed by atoms with Gasteiger partial charge in [-0.3, -0.25) is 14.3 Å². The van der Waals surface area contributed by atoms with Gasteiger partial charge in [-0.05, 0) is 38.8 Å². The molecule has 5 heterocycles. The zero-order valence-corrected chi connectivity index (χ0v) is 22.0. The summed E-state index contributed by atoms with van der Waals surface area (Å²) in [5.41, 5.74) is 3.33. The van der Waals surface area contributed by atoms with Crippen LogP contribution in [0.5, 0.6) is 0 Å². The molecule has 11 nitrogen and oxygen atoms in total. The minimum absolute atomic E-state index is 0.0444. The molecule has 2 N–H and O–H groups in total. The Hall–Kier alpha value is -4.24. The van der Waals surface area contributed by atoms with Crippen LogP contribution in [-0.2, 0) is 9.59 Å². The molecule has 2 aliphatic heterocycles. The largest absolute Gasteiger partial charge is 0.395 e. The lowest BCUT2D eigenvalue weighted by Gasteiger charge is -2.45. The molecular weight excluding hydrogens is 503 g/mol. The number of hydrogen-bond donors (Lipinski definition) is 2. The number of nitriles is 1. The highest BCUT2D eigenvalue weighted by molar-refractivity contribution is 5.93. The van der Waals surface area contributed by atoms with Crippen LogP contribution in [0, 0.1) is 25.2 Å². The molecule has 12 heteroatoms. The van der Waals surface area contributed by atoms with Crippen LogP contribution < -0.4 is 5.32 Å². The molecule has 0 aromatic carbocycles. The summed E-state index contributed by atoms with van der Waals surface area (Å²) < 4.78 is 18.8. The van der Waals surface area contributed by atoms with Crippen molar-refractivity contribution in [2.45, 2.75) is 38.4 Å². The van der Waals surface area contributed by atoms with E-state index in [4.69, 9.17) is 5.10 Å². The average Bonchev–Trinajstić information content (AvgIpc) is 3.48. The monoisotopic (exact) mass is 534 g/mol. The van der Waals surface area contributed by atoms with Gasteiger partial charge in [0.2, 0.25) is 11.6 Å². The molecule has 0 spiro atoms. The van der Waals surface area contributed by atoms with Crippen LogP contribution in [-0.4, -0.2) is 91.1 Å². The van der Waals surface area contributed by atoms with E-state index in [2.05, 4.69) is 23.1 Å². The first kappa shape index (κ1) is 26.4. The Morgan fingerprint density at radius 1 is 1.31 bits per heavy atom. The Kier molecular flexibility index (Phi) is 6.86. The molecule has 39 heavy (non-hydrogen) atoms. The SMILES string of the molecule is C=CC(=O)N1CC(F)(C(=O)N2CCC(n3nc(C)c(-c4cc(NCCO)c5c(C#N)cnn5c4)c3C)CC2)C1. The molecule has 0 unspecified atom stereocenters. The van der Waals surface area contributed by atoms with Gasteiger partial charge in [0.25, 0.3) is 5.91 Å². The Balaban J connectivity index is 1.34. The number of carbonyl (C=O) groups excluding carboxylic acids is 2. The fourth-order valence-electron chi connectivity index (χ4n) is 5.68. The van der Waals surface area contributed by atoms with Crippen LogP contribution in [0.3, 0.4) is 0 Å². The summed E-state index contributed by atoms with van der Waals surface area (Å²) in [6, 6.07) is 4.14. The topological polar surface area (TPSA) is 132 Å². The number of halogens is 1. The number of fused-ring (bicyclic) bond motifs is 1. The zero-order chi connectivity index (χ0) is 27.9. The number of rotatable bonds is 7. The van der Waals surface area contributed by atoms with Crippen molar-refractivity contribution in [1.29, 1.82) is 5.26 Å². The first-order chi connectivity index (χ1) is 18.7. The quantitative estimate of drug-likeness (QED) is 0.443. The molecule has 0 saturated carbocycles. The second-order valence-electron chi connectivity index (χ2n) is 10.1. The maximum atomic E-state index is 15.1. The number of nitrogens with zero attached hydrogens (tertiary/aromatic N) is 7. The van der Waals surface area contributed by atoms with E-state index in [0.29, 0.717) is 49.2 Å². The standard InChI is InChI=1S/C27H31FN8O3/c1-4-23(38)34-15-27(28,16-34)26(39)33-8-5-21(6-9-33)36-18(3)24(17(2)32-36)19-11-22(30-7-10-37)25-20(12-29)13-31-35(25)14-19/h4,11,13-14,21,30,37H,1,5-10,15-16H2,2-3H3. The van der Waals surface area contributed by atoms with Crippen molar-refractivity contribution in [3.63, 3.8) is 0 Å². The number of carbonyl (C=O) groups is 2. The lowest BCUT2D eigenvalue weighted by atomic mass is 9.92. The Bertz CT molecular complexity index is 1490. The molecule has 3 aromatic rings. The Morgan fingerprint density at radius 3 is 2.67 bits per heavy atom. The van der Waals surface area contributed by atoms with Crippen molar-refractivity contribution in [3.05, 3.63) is 48.1 Å². The van der Waals surface area contributed by atoms with Gasteiger partial charge in [-0.1, -0.05) is 6.58 Å². The van der Waals surface area contributed by atoms with Gasteiger partial charge >= 0.3 is 0 Å². The van der Waals surface area contributed by atoms with Crippen molar-refractivity contribution in [2.24, 2.45) is 0 Å². The molecule has 204 valence electrons. The molecule has 2 fully saturated rings. The third-order valence-electron chi connectivity index (χ3n) is 7.62. The molecular formula is C27H31FN8O3.